The molecule has 9 heteroatoms. The monoisotopic (exact) mass is 502 g/mol. The molecule has 2 aromatic heterocycles. The molecule has 9 nitrogen and oxygen atoms in total. The fourth-order valence-corrected chi connectivity index (χ4v) is 4.27. The predicted molar refractivity (Wildman–Crippen MR) is 143 cm³/mol. The van der Waals surface area contributed by atoms with Crippen molar-refractivity contribution in [3.8, 4) is 0 Å². The molecule has 37 heavy (non-hydrogen) atoms. The summed E-state index contributed by atoms with van der Waals surface area (Å²) in [5.74, 6) is -0.464. The Labute approximate surface area is 216 Å². The number of fused-ring (bicyclic) bond motifs is 1. The number of aromatic nitrogens is 3. The lowest BCUT2D eigenvalue weighted by molar-refractivity contribution is -0.139. The second-order valence-electron chi connectivity index (χ2n) is 9.17. The van der Waals surface area contributed by atoms with E-state index in [1.807, 2.05) is 73.4 Å². The largest absolute Gasteiger partial charge is 0.480 e. The summed E-state index contributed by atoms with van der Waals surface area (Å²) in [5, 5.41) is 18.9. The Morgan fingerprint density at radius 1 is 0.946 bits per heavy atom. The van der Waals surface area contributed by atoms with Crippen LogP contribution in [0.15, 0.2) is 66.9 Å². The van der Waals surface area contributed by atoms with E-state index in [0.29, 0.717) is 44.6 Å². The molecule has 0 spiro atoms. The van der Waals surface area contributed by atoms with Crippen molar-refractivity contribution < 1.29 is 14.7 Å². The number of carboxylic acids is 1. The van der Waals surface area contributed by atoms with Gasteiger partial charge < -0.3 is 30.2 Å². The molecule has 0 saturated carbocycles. The minimum absolute atomic E-state index is 0.353. The molecule has 4 aromatic rings. The minimum atomic E-state index is -1.03. The third-order valence-corrected chi connectivity index (χ3v) is 6.52. The summed E-state index contributed by atoms with van der Waals surface area (Å²) >= 11 is 0. The Kier molecular flexibility index (Phi) is 8.71. The molecular weight excluding hydrogens is 468 g/mol. The van der Waals surface area contributed by atoms with E-state index >= 15 is 0 Å². The zero-order chi connectivity index (χ0) is 26.2. The number of hydrogen-bond acceptors (Lipinski definition) is 5. The average molecular weight is 503 g/mol. The van der Waals surface area contributed by atoms with E-state index < -0.39 is 12.0 Å². The van der Waals surface area contributed by atoms with Crippen molar-refractivity contribution in [2.45, 2.75) is 38.5 Å². The highest BCUT2D eigenvalue weighted by Gasteiger charge is 2.20. The molecule has 1 atom stereocenters. The molecule has 4 N–H and O–H groups in total. The normalized spacial score (nSPS) is 12.1. The van der Waals surface area contributed by atoms with Crippen molar-refractivity contribution in [3.63, 3.8) is 0 Å². The molecule has 0 aliphatic heterocycles. The number of imidazole rings is 1. The first-order valence-electron chi connectivity index (χ1n) is 12.5. The van der Waals surface area contributed by atoms with Crippen LogP contribution in [0.3, 0.4) is 0 Å². The van der Waals surface area contributed by atoms with Crippen LogP contribution in [0.25, 0.3) is 11.0 Å². The maximum absolute atomic E-state index is 12.7. The van der Waals surface area contributed by atoms with Crippen LogP contribution < -0.4 is 16.0 Å². The van der Waals surface area contributed by atoms with Gasteiger partial charge in [-0.25, -0.2) is 9.78 Å². The molecule has 194 valence electrons. The molecule has 2 heterocycles. The summed E-state index contributed by atoms with van der Waals surface area (Å²) in [5.41, 5.74) is 4.69. The number of nitrogens with one attached hydrogen (secondary N) is 3. The lowest BCUT2D eigenvalue weighted by Gasteiger charge is -2.15. The van der Waals surface area contributed by atoms with Gasteiger partial charge in [0, 0.05) is 44.6 Å². The van der Waals surface area contributed by atoms with Crippen LogP contribution in [0.2, 0.25) is 0 Å². The first-order chi connectivity index (χ1) is 17.9. The fourth-order valence-electron chi connectivity index (χ4n) is 4.27. The van der Waals surface area contributed by atoms with Gasteiger partial charge >= 0.3 is 5.97 Å². The highest BCUT2D eigenvalue weighted by Crippen LogP contribution is 2.14. The van der Waals surface area contributed by atoms with Crippen molar-refractivity contribution in [1.82, 2.24) is 30.1 Å². The third-order valence-electron chi connectivity index (χ3n) is 6.52. The number of amides is 1. The van der Waals surface area contributed by atoms with Gasteiger partial charge in [-0.3, -0.25) is 4.79 Å². The quantitative estimate of drug-likeness (QED) is 0.209. The number of benzene rings is 2. The SMILES string of the molecule is Cn1cccc1CNCCCC(NC(=O)c1ccc(CNCc2nc3ccccc3n2C)cc1)C(=O)O. The van der Waals surface area contributed by atoms with Crippen LogP contribution in [-0.4, -0.2) is 43.7 Å². The maximum atomic E-state index is 12.7. The molecule has 0 aliphatic rings. The molecule has 0 bridgehead atoms. The summed E-state index contributed by atoms with van der Waals surface area (Å²) in [4.78, 5) is 29.0. The molecule has 0 radical (unpaired) electrons. The van der Waals surface area contributed by atoms with Gasteiger partial charge in [0.05, 0.1) is 17.6 Å². The summed E-state index contributed by atoms with van der Waals surface area (Å²) in [6.45, 7) is 2.63. The summed E-state index contributed by atoms with van der Waals surface area (Å²) < 4.78 is 4.12. The molecule has 0 saturated heterocycles. The third kappa shape index (κ3) is 6.84. The van der Waals surface area contributed by atoms with Crippen molar-refractivity contribution in [2.75, 3.05) is 6.54 Å². The molecule has 0 aliphatic carbocycles. The number of hydrogen-bond donors (Lipinski definition) is 4. The second-order valence-corrected chi connectivity index (χ2v) is 9.17. The molecule has 1 amide bonds. The zero-order valence-electron chi connectivity index (χ0n) is 21.3. The molecule has 1 unspecified atom stereocenters. The molecule has 0 fully saturated rings. The van der Waals surface area contributed by atoms with Crippen molar-refractivity contribution in [2.24, 2.45) is 14.1 Å². The smallest absolute Gasteiger partial charge is 0.326 e. The van der Waals surface area contributed by atoms with Crippen molar-refractivity contribution in [1.29, 1.82) is 0 Å². The Morgan fingerprint density at radius 2 is 1.73 bits per heavy atom. The van der Waals surface area contributed by atoms with Gasteiger partial charge in [0.2, 0.25) is 0 Å². The van der Waals surface area contributed by atoms with E-state index in [9.17, 15) is 14.7 Å². The number of carbonyl (C=O) groups is 2. The number of aliphatic carboxylic acids is 1. The van der Waals surface area contributed by atoms with Gasteiger partial charge in [-0.2, -0.15) is 0 Å². The maximum Gasteiger partial charge on any atom is 0.326 e. The second kappa shape index (κ2) is 12.3. The van der Waals surface area contributed by atoms with E-state index in [1.165, 1.54) is 0 Å². The number of aryl methyl sites for hydroxylation is 2. The van der Waals surface area contributed by atoms with E-state index in [4.69, 9.17) is 0 Å². The standard InChI is InChI=1S/C28H34N6O3/c1-33-16-6-7-22(33)18-29-15-5-9-24(28(36)37)32-27(35)21-13-11-20(12-14-21)17-30-19-26-31-23-8-3-4-10-25(23)34(26)2/h3-4,6-8,10-14,16,24,29-30H,5,9,15,17-19H2,1-2H3,(H,32,35)(H,36,37). The Bertz CT molecular complexity index is 1340. The van der Waals surface area contributed by atoms with Crippen LogP contribution >= 0.6 is 0 Å². The lowest BCUT2D eigenvalue weighted by atomic mass is 10.1. The van der Waals surface area contributed by atoms with Crippen molar-refractivity contribution in [3.05, 3.63) is 89.5 Å². The zero-order valence-corrected chi connectivity index (χ0v) is 21.3. The summed E-state index contributed by atoms with van der Waals surface area (Å²) in [7, 11) is 3.99. The number of rotatable bonds is 13. The van der Waals surface area contributed by atoms with E-state index in [0.717, 1.165) is 28.1 Å². The number of carboxylic acid groups (broad SMARTS) is 1. The summed E-state index contributed by atoms with van der Waals surface area (Å²) in [6, 6.07) is 18.3. The van der Waals surface area contributed by atoms with Crippen LogP contribution in [0.1, 0.15) is 40.3 Å². The molecular formula is C28H34N6O3. The van der Waals surface area contributed by atoms with Gasteiger partial charge in [-0.1, -0.05) is 24.3 Å². The molecule has 2 aromatic carbocycles. The van der Waals surface area contributed by atoms with Crippen LogP contribution in [-0.2, 0) is 38.5 Å². The first kappa shape index (κ1) is 26.1. The molecule has 4 rings (SSSR count). The van der Waals surface area contributed by atoms with E-state index in [1.54, 1.807) is 12.1 Å². The number of para-hydroxylation sites is 2. The Balaban J connectivity index is 1.21. The highest BCUT2D eigenvalue weighted by molar-refractivity contribution is 5.96. The van der Waals surface area contributed by atoms with Gasteiger partial charge in [0.25, 0.3) is 5.91 Å². The van der Waals surface area contributed by atoms with Crippen LogP contribution in [0.4, 0.5) is 0 Å². The fraction of sp³-hybridized carbons (Fsp3) is 0.321. The Hall–Kier alpha value is -3.95. The topological polar surface area (TPSA) is 113 Å². The minimum Gasteiger partial charge on any atom is -0.480 e. The summed E-state index contributed by atoms with van der Waals surface area (Å²) in [6.07, 6.45) is 2.98. The predicted octanol–water partition coefficient (Wildman–Crippen LogP) is 2.95. The number of nitrogens with zero attached hydrogens (tertiary/aromatic N) is 3. The van der Waals surface area contributed by atoms with Crippen molar-refractivity contribution >= 4 is 22.9 Å². The van der Waals surface area contributed by atoms with E-state index in [-0.39, 0.29) is 5.91 Å². The number of carbonyl (C=O) groups excluding carboxylic acids is 1. The lowest BCUT2D eigenvalue weighted by Crippen LogP contribution is -2.41. The van der Waals surface area contributed by atoms with Gasteiger partial charge in [0.15, 0.2) is 0 Å². The Morgan fingerprint density at radius 3 is 2.43 bits per heavy atom. The van der Waals surface area contributed by atoms with Crippen LogP contribution in [0, 0.1) is 0 Å². The van der Waals surface area contributed by atoms with Gasteiger partial charge in [-0.15, -0.1) is 0 Å². The van der Waals surface area contributed by atoms with Gasteiger partial charge in [0.1, 0.15) is 11.9 Å². The average Bonchev–Trinajstić information content (AvgIpc) is 3.45. The van der Waals surface area contributed by atoms with Gasteiger partial charge in [-0.05, 0) is 61.3 Å². The van der Waals surface area contributed by atoms with E-state index in [2.05, 4.69) is 25.5 Å². The van der Waals surface area contributed by atoms with Crippen LogP contribution in [0.5, 0.6) is 0 Å². The first-order valence-corrected chi connectivity index (χ1v) is 12.5. The highest BCUT2D eigenvalue weighted by atomic mass is 16.4.